The number of hydrogen-bond donors (Lipinski definition) is 0. The fourth-order valence-electron chi connectivity index (χ4n) is 2.82. The van der Waals surface area contributed by atoms with Crippen LogP contribution in [0, 0.1) is 5.92 Å². The highest BCUT2D eigenvalue weighted by molar-refractivity contribution is 5.83. The molecule has 0 radical (unpaired) electrons. The average Bonchev–Trinajstić information content (AvgIpc) is 2.96. The molecule has 140 valence electrons. The third kappa shape index (κ3) is 3.85. The van der Waals surface area contributed by atoms with Crippen LogP contribution >= 0.6 is 0 Å². The fraction of sp³-hybridized carbons (Fsp3) is 0.500. The van der Waals surface area contributed by atoms with Crippen molar-refractivity contribution in [2.75, 3.05) is 27.2 Å². The number of hydrogen-bond acceptors (Lipinski definition) is 6. The molecule has 1 aromatic rings. The van der Waals surface area contributed by atoms with Crippen molar-refractivity contribution in [2.45, 2.75) is 19.3 Å². The second-order valence-corrected chi connectivity index (χ2v) is 6.37. The number of azo groups is 1. The van der Waals surface area contributed by atoms with Crippen LogP contribution in [0.3, 0.4) is 0 Å². The molecule has 3 rings (SSSR count). The smallest absolute Gasteiger partial charge is 0.406 e. The lowest BCUT2D eigenvalue weighted by atomic mass is 10.0. The summed E-state index contributed by atoms with van der Waals surface area (Å²) in [5.41, 5.74) is 1.22. The van der Waals surface area contributed by atoms with Crippen molar-refractivity contribution in [3.63, 3.8) is 0 Å². The molecule has 0 aliphatic carbocycles. The molecule has 2 aliphatic rings. The van der Waals surface area contributed by atoms with Crippen molar-refractivity contribution < 1.29 is 22.7 Å². The summed E-state index contributed by atoms with van der Waals surface area (Å²) >= 11 is 0. The maximum Gasteiger partial charge on any atom is 0.406 e. The Morgan fingerprint density at radius 3 is 2.81 bits per heavy atom. The predicted molar refractivity (Wildman–Crippen MR) is 85.0 cm³/mol. The SMILES string of the molecule is CN(C)CCOc1cnc2c(c1)CN(C1=CN=NC(=O)C1C(F)(F)F)C2. The number of ether oxygens (including phenoxy) is 1. The van der Waals surface area contributed by atoms with Crippen molar-refractivity contribution in [1.82, 2.24) is 14.8 Å². The molecule has 0 fully saturated rings. The van der Waals surface area contributed by atoms with E-state index in [-0.39, 0.29) is 18.8 Å². The first-order valence-corrected chi connectivity index (χ1v) is 7.97. The Kier molecular flexibility index (Phi) is 4.94. The van der Waals surface area contributed by atoms with Crippen LogP contribution in [0.15, 0.2) is 34.4 Å². The van der Waals surface area contributed by atoms with Crippen molar-refractivity contribution in [1.29, 1.82) is 0 Å². The summed E-state index contributed by atoms with van der Waals surface area (Å²) in [5.74, 6) is -3.02. The zero-order valence-electron chi connectivity index (χ0n) is 14.3. The number of pyridine rings is 1. The second kappa shape index (κ2) is 7.02. The van der Waals surface area contributed by atoms with Gasteiger partial charge in [0.05, 0.1) is 30.3 Å². The Labute approximate surface area is 148 Å². The lowest BCUT2D eigenvalue weighted by Crippen LogP contribution is -2.38. The summed E-state index contributed by atoms with van der Waals surface area (Å²) in [6.45, 7) is 1.59. The Bertz CT molecular complexity index is 761. The number of fused-ring (bicyclic) bond motifs is 1. The summed E-state index contributed by atoms with van der Waals surface area (Å²) < 4.78 is 45.4. The summed E-state index contributed by atoms with van der Waals surface area (Å²) in [5, 5.41) is 6.44. The van der Waals surface area contributed by atoms with E-state index in [0.29, 0.717) is 18.1 Å². The Balaban J connectivity index is 1.74. The number of halogens is 3. The molecule has 2 aliphatic heterocycles. The van der Waals surface area contributed by atoms with Gasteiger partial charge in [-0.05, 0) is 25.7 Å². The zero-order valence-corrected chi connectivity index (χ0v) is 14.3. The van der Waals surface area contributed by atoms with Gasteiger partial charge in [0.25, 0.3) is 5.91 Å². The molecular weight excluding hydrogens is 351 g/mol. The lowest BCUT2D eigenvalue weighted by Gasteiger charge is -2.28. The van der Waals surface area contributed by atoms with Crippen molar-refractivity contribution >= 4 is 5.91 Å². The summed E-state index contributed by atoms with van der Waals surface area (Å²) in [4.78, 5) is 19.3. The number of carbonyl (C=O) groups is 1. The van der Waals surface area contributed by atoms with Crippen LogP contribution in [-0.2, 0) is 17.9 Å². The molecule has 1 atom stereocenters. The molecule has 0 bridgehead atoms. The minimum absolute atomic E-state index is 0.175. The van der Waals surface area contributed by atoms with Crippen LogP contribution in [0.1, 0.15) is 11.3 Å². The highest BCUT2D eigenvalue weighted by atomic mass is 19.4. The minimum atomic E-state index is -4.72. The Morgan fingerprint density at radius 1 is 1.35 bits per heavy atom. The van der Waals surface area contributed by atoms with E-state index in [0.717, 1.165) is 18.3 Å². The number of likely N-dealkylation sites (N-methyl/N-ethyl adjacent to an activating group) is 1. The van der Waals surface area contributed by atoms with Crippen LogP contribution in [0.2, 0.25) is 0 Å². The van der Waals surface area contributed by atoms with E-state index in [2.05, 4.69) is 15.2 Å². The predicted octanol–water partition coefficient (Wildman–Crippen LogP) is 2.35. The van der Waals surface area contributed by atoms with E-state index in [1.165, 1.54) is 4.90 Å². The number of carbonyl (C=O) groups excluding carboxylic acids is 1. The third-order valence-electron chi connectivity index (χ3n) is 4.13. The van der Waals surface area contributed by atoms with Crippen LogP contribution in [0.25, 0.3) is 0 Å². The standard InChI is InChI=1S/C16H18F3N5O2/c1-23(2)3-4-26-11-5-10-8-24(9-12(10)20-6-11)13-7-21-22-15(25)14(13)16(17,18)19/h5-7,14H,3-4,8-9H2,1-2H3. The Morgan fingerprint density at radius 2 is 2.12 bits per heavy atom. The molecular formula is C16H18F3N5O2. The van der Waals surface area contributed by atoms with Gasteiger partial charge in [-0.25, -0.2) is 0 Å². The van der Waals surface area contributed by atoms with Gasteiger partial charge in [-0.3, -0.25) is 9.78 Å². The average molecular weight is 369 g/mol. The first-order valence-electron chi connectivity index (χ1n) is 7.97. The number of amides is 1. The van der Waals surface area contributed by atoms with E-state index in [1.807, 2.05) is 19.0 Å². The van der Waals surface area contributed by atoms with E-state index >= 15 is 0 Å². The van der Waals surface area contributed by atoms with E-state index in [4.69, 9.17) is 4.74 Å². The molecule has 1 aromatic heterocycles. The molecule has 26 heavy (non-hydrogen) atoms. The number of nitrogens with zero attached hydrogens (tertiary/aromatic N) is 5. The normalized spacial score (nSPS) is 19.8. The van der Waals surface area contributed by atoms with E-state index < -0.39 is 18.0 Å². The molecule has 0 saturated carbocycles. The summed E-state index contributed by atoms with van der Waals surface area (Å²) in [7, 11) is 3.85. The zero-order chi connectivity index (χ0) is 18.9. The first-order chi connectivity index (χ1) is 12.3. The Hall–Kier alpha value is -2.49. The van der Waals surface area contributed by atoms with E-state index in [1.54, 1.807) is 12.3 Å². The topological polar surface area (TPSA) is 70.4 Å². The third-order valence-corrected chi connectivity index (χ3v) is 4.13. The van der Waals surface area contributed by atoms with Crippen molar-refractivity contribution in [3.8, 4) is 5.75 Å². The monoisotopic (exact) mass is 369 g/mol. The largest absolute Gasteiger partial charge is 0.491 e. The quantitative estimate of drug-likeness (QED) is 0.797. The number of alkyl halides is 3. The maximum absolute atomic E-state index is 13.3. The van der Waals surface area contributed by atoms with Gasteiger partial charge >= 0.3 is 6.18 Å². The van der Waals surface area contributed by atoms with Gasteiger partial charge in [0, 0.05) is 13.1 Å². The highest BCUT2D eigenvalue weighted by Crippen LogP contribution is 2.39. The fourth-order valence-corrected chi connectivity index (χ4v) is 2.82. The minimum Gasteiger partial charge on any atom is -0.491 e. The van der Waals surface area contributed by atoms with Crippen LogP contribution in [0.4, 0.5) is 13.2 Å². The van der Waals surface area contributed by atoms with Gasteiger partial charge in [-0.15, -0.1) is 5.11 Å². The van der Waals surface area contributed by atoms with Gasteiger partial charge in [0.15, 0.2) is 5.92 Å². The van der Waals surface area contributed by atoms with Gasteiger partial charge in [0.1, 0.15) is 12.4 Å². The number of aromatic nitrogens is 1. The molecule has 1 amide bonds. The molecule has 0 aromatic carbocycles. The van der Waals surface area contributed by atoms with Crippen LogP contribution < -0.4 is 4.74 Å². The summed E-state index contributed by atoms with van der Waals surface area (Å²) in [6.07, 6.45) is -2.16. The van der Waals surface area contributed by atoms with Gasteiger partial charge in [0.2, 0.25) is 0 Å². The molecule has 10 heteroatoms. The first kappa shape index (κ1) is 18.3. The van der Waals surface area contributed by atoms with Gasteiger partial charge in [-0.2, -0.15) is 18.3 Å². The van der Waals surface area contributed by atoms with Crippen LogP contribution in [0.5, 0.6) is 5.75 Å². The maximum atomic E-state index is 13.3. The van der Waals surface area contributed by atoms with Crippen LogP contribution in [-0.4, -0.2) is 54.1 Å². The highest BCUT2D eigenvalue weighted by Gasteiger charge is 2.50. The molecule has 0 spiro atoms. The molecule has 1 unspecified atom stereocenters. The van der Waals surface area contributed by atoms with Gasteiger partial charge < -0.3 is 14.5 Å². The van der Waals surface area contributed by atoms with Gasteiger partial charge in [-0.1, -0.05) is 0 Å². The number of rotatable bonds is 5. The van der Waals surface area contributed by atoms with Crippen molar-refractivity contribution in [2.24, 2.45) is 16.1 Å². The summed E-state index contributed by atoms with van der Waals surface area (Å²) in [6, 6.07) is 1.77. The molecule has 0 saturated heterocycles. The lowest BCUT2D eigenvalue weighted by molar-refractivity contribution is -0.177. The van der Waals surface area contributed by atoms with Crippen molar-refractivity contribution in [3.05, 3.63) is 35.4 Å². The second-order valence-electron chi connectivity index (χ2n) is 6.37. The molecule has 7 nitrogen and oxygen atoms in total. The molecule has 3 heterocycles. The van der Waals surface area contributed by atoms with E-state index in [9.17, 15) is 18.0 Å². The molecule has 0 N–H and O–H groups in total.